The number of pyridine rings is 1. The first-order valence-electron chi connectivity index (χ1n) is 11.7. The van der Waals surface area contributed by atoms with Crippen molar-refractivity contribution in [2.45, 2.75) is 80.6 Å². The first-order valence-corrected chi connectivity index (χ1v) is 16.1. The lowest BCUT2D eigenvalue weighted by Crippen LogP contribution is -2.52. The molecule has 2 aliphatic carbocycles. The second-order valence-corrected chi connectivity index (χ2v) is 19.1. The average Bonchev–Trinajstić information content (AvgIpc) is 3.64. The number of fused-ring (bicyclic) bond motifs is 1. The van der Waals surface area contributed by atoms with E-state index >= 15 is 0 Å². The number of nitrogens with zero attached hydrogens (tertiary/aromatic N) is 2. The number of amides is 1. The van der Waals surface area contributed by atoms with Crippen LogP contribution in [0, 0.1) is 0 Å². The van der Waals surface area contributed by atoms with Gasteiger partial charge in [-0.1, -0.05) is 20.8 Å². The monoisotopic (exact) mass is 510 g/mol. The van der Waals surface area contributed by atoms with Crippen LogP contribution in [-0.4, -0.2) is 72.4 Å². The Morgan fingerprint density at radius 1 is 1.09 bits per heavy atom. The van der Waals surface area contributed by atoms with Crippen molar-refractivity contribution in [2.75, 3.05) is 19.7 Å². The molecule has 0 saturated heterocycles. The molecule has 0 atom stereocenters. The fourth-order valence-corrected chi connectivity index (χ4v) is 8.31. The smallest absolute Gasteiger partial charge is 0.341 e. The number of sulfone groups is 1. The van der Waals surface area contributed by atoms with Crippen molar-refractivity contribution in [3.8, 4) is 0 Å². The van der Waals surface area contributed by atoms with Crippen LogP contribution in [0.4, 0.5) is 0 Å². The third kappa shape index (κ3) is 3.85. The van der Waals surface area contributed by atoms with Crippen LogP contribution in [-0.2, 0) is 20.8 Å². The number of aromatic nitrogens is 1. The standard InChI is InChI=1S/C23H34N2O7SSi/c1-21(2,3)34(4,5)32-15-23(10-11-23)33(30,31)22(8-9-22)14-24-12-13-25-17(19(24)27)7-6-16(18(25)26)20(28)29/h6-7H,8-15H2,1-5H3,(H,28,29). The first-order chi connectivity index (χ1) is 15.6. The minimum atomic E-state index is -3.55. The van der Waals surface area contributed by atoms with E-state index in [0.717, 1.165) is 6.07 Å². The van der Waals surface area contributed by atoms with E-state index in [-0.39, 0.29) is 42.5 Å². The van der Waals surface area contributed by atoms with Crippen molar-refractivity contribution in [3.05, 3.63) is 33.7 Å². The minimum Gasteiger partial charge on any atom is -0.477 e. The molecule has 9 nitrogen and oxygen atoms in total. The van der Waals surface area contributed by atoms with Crippen LogP contribution in [0.25, 0.3) is 0 Å². The van der Waals surface area contributed by atoms with Gasteiger partial charge in [0, 0.05) is 19.6 Å². The molecule has 34 heavy (non-hydrogen) atoms. The predicted molar refractivity (Wildman–Crippen MR) is 130 cm³/mol. The highest BCUT2D eigenvalue weighted by Gasteiger charge is 2.68. The molecule has 0 unspecified atom stereocenters. The summed E-state index contributed by atoms with van der Waals surface area (Å²) in [6.45, 7) is 11.2. The molecule has 1 aromatic rings. The lowest BCUT2D eigenvalue weighted by Gasteiger charge is -2.38. The molecule has 188 valence electrons. The van der Waals surface area contributed by atoms with Crippen molar-refractivity contribution < 1.29 is 27.5 Å². The lowest BCUT2D eigenvalue weighted by molar-refractivity contribution is 0.0671. The molecule has 2 saturated carbocycles. The number of rotatable bonds is 8. The Morgan fingerprint density at radius 3 is 2.18 bits per heavy atom. The largest absolute Gasteiger partial charge is 0.477 e. The summed E-state index contributed by atoms with van der Waals surface area (Å²) in [5.41, 5.74) is -1.01. The summed E-state index contributed by atoms with van der Waals surface area (Å²) in [6, 6.07) is 2.47. The molecule has 4 rings (SSSR count). The highest BCUT2D eigenvalue weighted by molar-refractivity contribution is 7.94. The Bertz CT molecular complexity index is 1200. The molecule has 0 bridgehead atoms. The van der Waals surface area contributed by atoms with Crippen LogP contribution in [0.3, 0.4) is 0 Å². The summed E-state index contributed by atoms with van der Waals surface area (Å²) in [5.74, 6) is -1.78. The van der Waals surface area contributed by atoms with Crippen LogP contribution in [0.15, 0.2) is 16.9 Å². The SMILES string of the molecule is CC(C)(C)[Si](C)(C)OCC1(S(=O)(=O)C2(CN3CCn4c(ccc(C(=O)O)c4=O)C3=O)CC2)CC1. The van der Waals surface area contributed by atoms with E-state index in [2.05, 4.69) is 33.9 Å². The molecule has 1 amide bonds. The molecule has 2 fully saturated rings. The number of hydrogen-bond acceptors (Lipinski definition) is 6. The Balaban J connectivity index is 1.53. The molecular formula is C23H34N2O7SSi. The summed E-state index contributed by atoms with van der Waals surface area (Å²) in [4.78, 5) is 38.3. The van der Waals surface area contributed by atoms with Gasteiger partial charge in [-0.3, -0.25) is 9.59 Å². The molecule has 1 aliphatic heterocycles. The summed E-state index contributed by atoms with van der Waals surface area (Å²) < 4.78 is 33.3. The van der Waals surface area contributed by atoms with Crippen molar-refractivity contribution in [1.82, 2.24) is 9.47 Å². The number of carboxylic acid groups (broad SMARTS) is 1. The van der Waals surface area contributed by atoms with Crippen LogP contribution in [0.2, 0.25) is 18.1 Å². The van der Waals surface area contributed by atoms with E-state index in [1.165, 1.54) is 15.5 Å². The van der Waals surface area contributed by atoms with E-state index in [4.69, 9.17) is 4.43 Å². The maximum atomic E-state index is 13.8. The predicted octanol–water partition coefficient (Wildman–Crippen LogP) is 2.50. The van der Waals surface area contributed by atoms with Gasteiger partial charge in [0.15, 0.2) is 18.2 Å². The number of carboxylic acids is 1. The van der Waals surface area contributed by atoms with Gasteiger partial charge in [-0.25, -0.2) is 13.2 Å². The third-order valence-corrected chi connectivity index (χ3v) is 16.1. The average molecular weight is 511 g/mol. The third-order valence-electron chi connectivity index (χ3n) is 8.24. The summed E-state index contributed by atoms with van der Waals surface area (Å²) in [5, 5.41) is 9.16. The fraction of sp³-hybridized carbons (Fsp3) is 0.696. The zero-order valence-corrected chi connectivity index (χ0v) is 22.3. The summed E-state index contributed by atoms with van der Waals surface area (Å²) in [7, 11) is -5.66. The fourth-order valence-electron chi connectivity index (χ4n) is 4.40. The van der Waals surface area contributed by atoms with E-state index in [1.807, 2.05) is 0 Å². The van der Waals surface area contributed by atoms with Crippen LogP contribution >= 0.6 is 0 Å². The maximum absolute atomic E-state index is 13.8. The quantitative estimate of drug-likeness (QED) is 0.533. The van der Waals surface area contributed by atoms with Gasteiger partial charge in [0.25, 0.3) is 11.5 Å². The topological polar surface area (TPSA) is 123 Å². The normalized spacial score (nSPS) is 21.2. The number of hydrogen-bond donors (Lipinski definition) is 1. The number of aromatic carboxylic acids is 1. The molecule has 1 aromatic heterocycles. The molecule has 0 radical (unpaired) electrons. The van der Waals surface area contributed by atoms with Gasteiger partial charge in [0.2, 0.25) is 0 Å². The Hall–Kier alpha value is -1.98. The van der Waals surface area contributed by atoms with E-state index in [0.29, 0.717) is 25.7 Å². The number of carbonyl (C=O) groups excluding carboxylic acids is 1. The van der Waals surface area contributed by atoms with Crippen molar-refractivity contribution in [2.24, 2.45) is 0 Å². The highest BCUT2D eigenvalue weighted by Crippen LogP contribution is 2.57. The molecule has 0 aromatic carbocycles. The molecule has 1 N–H and O–H groups in total. The van der Waals surface area contributed by atoms with Gasteiger partial charge >= 0.3 is 5.97 Å². The number of carbonyl (C=O) groups is 2. The van der Waals surface area contributed by atoms with Crippen LogP contribution in [0.5, 0.6) is 0 Å². The van der Waals surface area contributed by atoms with Crippen molar-refractivity contribution in [1.29, 1.82) is 0 Å². The van der Waals surface area contributed by atoms with Crippen molar-refractivity contribution in [3.63, 3.8) is 0 Å². The lowest BCUT2D eigenvalue weighted by atomic mass is 10.1. The molecule has 11 heteroatoms. The minimum absolute atomic E-state index is 0.0176. The van der Waals surface area contributed by atoms with Crippen molar-refractivity contribution >= 4 is 30.0 Å². The van der Waals surface area contributed by atoms with Crippen LogP contribution in [0.1, 0.15) is 67.3 Å². The van der Waals surface area contributed by atoms with E-state index < -0.39 is 45.1 Å². The Morgan fingerprint density at radius 2 is 1.68 bits per heavy atom. The second-order valence-electron chi connectivity index (χ2n) is 11.5. The maximum Gasteiger partial charge on any atom is 0.341 e. The van der Waals surface area contributed by atoms with Gasteiger partial charge in [-0.2, -0.15) is 0 Å². The van der Waals surface area contributed by atoms with Gasteiger partial charge in [0.1, 0.15) is 11.3 Å². The van der Waals surface area contributed by atoms with Crippen LogP contribution < -0.4 is 5.56 Å². The van der Waals surface area contributed by atoms with Gasteiger partial charge < -0.3 is 19.0 Å². The molecule has 3 aliphatic rings. The first kappa shape index (κ1) is 25.1. The second kappa shape index (κ2) is 7.76. The highest BCUT2D eigenvalue weighted by atomic mass is 32.2. The molecule has 2 heterocycles. The van der Waals surface area contributed by atoms with Gasteiger partial charge in [-0.15, -0.1) is 0 Å². The van der Waals surface area contributed by atoms with E-state index in [1.54, 1.807) is 0 Å². The zero-order valence-electron chi connectivity index (χ0n) is 20.5. The Kier molecular flexibility index (Phi) is 5.73. The zero-order chi connectivity index (χ0) is 25.3. The summed E-state index contributed by atoms with van der Waals surface area (Å²) >= 11 is 0. The van der Waals surface area contributed by atoms with E-state index in [9.17, 15) is 27.9 Å². The summed E-state index contributed by atoms with van der Waals surface area (Å²) in [6.07, 6.45) is 2.17. The Labute approximate surface area is 201 Å². The van der Waals surface area contributed by atoms with Gasteiger partial charge in [-0.05, 0) is 55.9 Å². The molecule has 0 spiro atoms. The molecular weight excluding hydrogens is 476 g/mol. The van der Waals surface area contributed by atoms with Gasteiger partial charge in [0.05, 0.1) is 16.1 Å².